The van der Waals surface area contributed by atoms with Crippen LogP contribution in [0.15, 0.2) is 36.8 Å². The molecule has 0 bridgehead atoms. The summed E-state index contributed by atoms with van der Waals surface area (Å²) in [5.74, 6) is 0. The lowest BCUT2D eigenvalue weighted by Gasteiger charge is -2.20. The van der Waals surface area contributed by atoms with Crippen molar-refractivity contribution in [1.82, 2.24) is 19.3 Å². The molecule has 0 saturated carbocycles. The number of aliphatic hydroxyl groups is 1. The molecule has 5 rings (SSSR count). The van der Waals surface area contributed by atoms with Gasteiger partial charge in [-0.05, 0) is 24.8 Å². The number of rotatable bonds is 1. The first-order chi connectivity index (χ1) is 11.3. The molecule has 1 aromatic carbocycles. The van der Waals surface area contributed by atoms with E-state index in [4.69, 9.17) is 0 Å². The molecule has 1 N–H and O–H groups in total. The summed E-state index contributed by atoms with van der Waals surface area (Å²) in [6.07, 6.45) is 6.20. The summed E-state index contributed by atoms with van der Waals surface area (Å²) in [6.45, 7) is 0. The average Bonchev–Trinajstić information content (AvgIpc) is 3.21. The van der Waals surface area contributed by atoms with Crippen LogP contribution in [0.4, 0.5) is 0 Å². The topological polar surface area (TPSA) is 55.9 Å². The fourth-order valence-electron chi connectivity index (χ4n) is 4.19. The molecular weight excluding hydrogens is 288 g/mol. The van der Waals surface area contributed by atoms with Gasteiger partial charge in [-0.25, -0.2) is 4.98 Å². The third kappa shape index (κ3) is 1.65. The highest BCUT2D eigenvalue weighted by Gasteiger charge is 2.36. The van der Waals surface area contributed by atoms with Crippen molar-refractivity contribution < 1.29 is 5.11 Å². The number of fused-ring (bicyclic) bond motifs is 4. The number of hydrogen-bond acceptors (Lipinski definition) is 3. The van der Waals surface area contributed by atoms with Crippen LogP contribution in [0.2, 0.25) is 0 Å². The minimum atomic E-state index is -0.433. The van der Waals surface area contributed by atoms with Crippen LogP contribution in [-0.2, 0) is 13.5 Å². The Hall–Kier alpha value is -2.40. The molecule has 3 heterocycles. The molecule has 0 radical (unpaired) electrons. The van der Waals surface area contributed by atoms with Crippen LogP contribution in [0.3, 0.4) is 0 Å². The van der Waals surface area contributed by atoms with Crippen molar-refractivity contribution >= 4 is 0 Å². The van der Waals surface area contributed by atoms with E-state index in [0.29, 0.717) is 0 Å². The molecule has 3 aromatic rings. The zero-order valence-corrected chi connectivity index (χ0v) is 13.0. The minimum absolute atomic E-state index is 0.0928. The Labute approximate surface area is 134 Å². The normalized spacial score (nSPS) is 21.8. The fraction of sp³-hybridized carbons (Fsp3) is 0.333. The monoisotopic (exact) mass is 306 g/mol. The highest BCUT2D eigenvalue weighted by Crippen LogP contribution is 2.45. The van der Waals surface area contributed by atoms with Gasteiger partial charge in [-0.3, -0.25) is 4.68 Å². The van der Waals surface area contributed by atoms with Crippen LogP contribution in [0.1, 0.15) is 47.5 Å². The molecule has 0 saturated heterocycles. The number of benzene rings is 1. The zero-order valence-electron chi connectivity index (χ0n) is 13.0. The lowest BCUT2D eigenvalue weighted by Crippen LogP contribution is -2.15. The lowest BCUT2D eigenvalue weighted by atomic mass is 9.90. The van der Waals surface area contributed by atoms with Crippen molar-refractivity contribution in [3.8, 4) is 11.3 Å². The molecule has 2 aromatic heterocycles. The van der Waals surface area contributed by atoms with E-state index in [1.165, 1.54) is 22.4 Å². The predicted octanol–water partition coefficient (Wildman–Crippen LogP) is 2.60. The highest BCUT2D eigenvalue weighted by molar-refractivity contribution is 5.70. The standard InChI is InChI=1S/C18H18N4O/c1-21-17(13-7-4-8-15(23)16(13)20-21)18-12-6-3-2-5-11(12)14-9-19-10-22(14)18/h2-3,5-6,9-10,15,18,23H,4,7-8H2,1H3. The second kappa shape index (κ2) is 4.55. The minimum Gasteiger partial charge on any atom is -0.387 e. The van der Waals surface area contributed by atoms with E-state index in [-0.39, 0.29) is 6.04 Å². The fourth-order valence-corrected chi connectivity index (χ4v) is 4.19. The van der Waals surface area contributed by atoms with Crippen molar-refractivity contribution in [2.45, 2.75) is 31.4 Å². The number of hydrogen-bond donors (Lipinski definition) is 1. The SMILES string of the molecule is Cn1nc2c(c1C1c3ccccc3-c3cncn31)CCCC2O. The first-order valence-electron chi connectivity index (χ1n) is 8.10. The zero-order chi connectivity index (χ0) is 15.6. The van der Waals surface area contributed by atoms with Crippen molar-refractivity contribution in [1.29, 1.82) is 0 Å². The third-order valence-electron chi connectivity index (χ3n) is 5.18. The first-order valence-corrected chi connectivity index (χ1v) is 8.10. The van der Waals surface area contributed by atoms with Crippen molar-refractivity contribution in [3.63, 3.8) is 0 Å². The smallest absolute Gasteiger partial charge is 0.103 e. The van der Waals surface area contributed by atoms with Gasteiger partial charge in [0.05, 0.1) is 35.7 Å². The quantitative estimate of drug-likeness (QED) is 0.588. The van der Waals surface area contributed by atoms with Gasteiger partial charge in [0.15, 0.2) is 0 Å². The molecule has 5 heteroatoms. The van der Waals surface area contributed by atoms with Crippen LogP contribution in [0.25, 0.3) is 11.3 Å². The number of aryl methyl sites for hydroxylation is 1. The Morgan fingerprint density at radius 1 is 1.26 bits per heavy atom. The van der Waals surface area contributed by atoms with E-state index in [0.717, 1.165) is 30.7 Å². The Morgan fingerprint density at radius 3 is 3.04 bits per heavy atom. The van der Waals surface area contributed by atoms with E-state index in [1.54, 1.807) is 0 Å². The van der Waals surface area contributed by atoms with Crippen LogP contribution < -0.4 is 0 Å². The van der Waals surface area contributed by atoms with E-state index < -0.39 is 6.10 Å². The average molecular weight is 306 g/mol. The van der Waals surface area contributed by atoms with E-state index in [1.807, 2.05) is 24.3 Å². The summed E-state index contributed by atoms with van der Waals surface area (Å²) in [4.78, 5) is 4.34. The molecule has 2 unspecified atom stereocenters. The maximum atomic E-state index is 10.3. The van der Waals surface area contributed by atoms with E-state index in [2.05, 4.69) is 38.9 Å². The van der Waals surface area contributed by atoms with Gasteiger partial charge in [0.2, 0.25) is 0 Å². The van der Waals surface area contributed by atoms with Gasteiger partial charge in [0.1, 0.15) is 6.04 Å². The van der Waals surface area contributed by atoms with Crippen LogP contribution >= 0.6 is 0 Å². The maximum absolute atomic E-state index is 10.3. The van der Waals surface area contributed by atoms with Crippen LogP contribution in [0, 0.1) is 0 Å². The number of aromatic nitrogens is 4. The van der Waals surface area contributed by atoms with Gasteiger partial charge in [0.25, 0.3) is 0 Å². The molecule has 1 aliphatic heterocycles. The molecule has 0 amide bonds. The molecule has 116 valence electrons. The van der Waals surface area contributed by atoms with Crippen LogP contribution in [0.5, 0.6) is 0 Å². The molecule has 2 atom stereocenters. The van der Waals surface area contributed by atoms with Crippen molar-refractivity contribution in [3.05, 3.63) is 59.3 Å². The van der Waals surface area contributed by atoms with Gasteiger partial charge in [-0.1, -0.05) is 24.3 Å². The van der Waals surface area contributed by atoms with Gasteiger partial charge in [-0.2, -0.15) is 5.10 Å². The summed E-state index contributed by atoms with van der Waals surface area (Å²) in [5, 5.41) is 14.9. The third-order valence-corrected chi connectivity index (χ3v) is 5.18. The molecule has 0 fully saturated rings. The first kappa shape index (κ1) is 13.1. The number of imidazole rings is 1. The Morgan fingerprint density at radius 2 is 2.13 bits per heavy atom. The summed E-state index contributed by atoms with van der Waals surface area (Å²) in [5.41, 5.74) is 6.93. The van der Waals surface area contributed by atoms with Gasteiger partial charge in [-0.15, -0.1) is 0 Å². The van der Waals surface area contributed by atoms with Crippen molar-refractivity contribution in [2.75, 3.05) is 0 Å². The molecule has 1 aliphatic carbocycles. The lowest BCUT2D eigenvalue weighted by molar-refractivity contribution is 0.151. The number of nitrogens with zero attached hydrogens (tertiary/aromatic N) is 4. The van der Waals surface area contributed by atoms with Crippen molar-refractivity contribution in [2.24, 2.45) is 7.05 Å². The Bertz CT molecular complexity index is 908. The second-order valence-electron chi connectivity index (χ2n) is 6.46. The molecular formula is C18H18N4O. The molecule has 2 aliphatic rings. The molecule has 0 spiro atoms. The summed E-state index contributed by atoms with van der Waals surface area (Å²) >= 11 is 0. The van der Waals surface area contributed by atoms with E-state index >= 15 is 0 Å². The Kier molecular flexibility index (Phi) is 2.59. The van der Waals surface area contributed by atoms with Gasteiger partial charge >= 0.3 is 0 Å². The Balaban J connectivity index is 1.78. The second-order valence-corrected chi connectivity index (χ2v) is 6.46. The number of aliphatic hydroxyl groups excluding tert-OH is 1. The van der Waals surface area contributed by atoms with Gasteiger partial charge in [0, 0.05) is 18.2 Å². The van der Waals surface area contributed by atoms with E-state index in [9.17, 15) is 5.11 Å². The predicted molar refractivity (Wildman–Crippen MR) is 86.0 cm³/mol. The summed E-state index contributed by atoms with van der Waals surface area (Å²) in [6, 6.07) is 8.59. The summed E-state index contributed by atoms with van der Waals surface area (Å²) in [7, 11) is 1.98. The molecule has 23 heavy (non-hydrogen) atoms. The largest absolute Gasteiger partial charge is 0.387 e. The summed E-state index contributed by atoms with van der Waals surface area (Å²) < 4.78 is 4.18. The van der Waals surface area contributed by atoms with Gasteiger partial charge < -0.3 is 9.67 Å². The molecule has 5 nitrogen and oxygen atoms in total. The maximum Gasteiger partial charge on any atom is 0.103 e. The van der Waals surface area contributed by atoms with Crippen LogP contribution in [-0.4, -0.2) is 24.4 Å². The highest BCUT2D eigenvalue weighted by atomic mass is 16.3.